The van der Waals surface area contributed by atoms with Gasteiger partial charge < -0.3 is 10.2 Å². The minimum absolute atomic E-state index is 0.437. The fourth-order valence-electron chi connectivity index (χ4n) is 2.06. The quantitative estimate of drug-likeness (QED) is 0.833. The zero-order valence-electron chi connectivity index (χ0n) is 9.50. The fourth-order valence-corrected chi connectivity index (χ4v) is 2.46. The molecule has 88 valence electrons. The van der Waals surface area contributed by atoms with Crippen LogP contribution in [0.2, 0.25) is 10.0 Å². The Hall–Kier alpha value is -0.440. The Kier molecular flexibility index (Phi) is 3.63. The van der Waals surface area contributed by atoms with Crippen molar-refractivity contribution in [3.8, 4) is 0 Å². The number of hydrogen-bond donors (Lipinski definition) is 1. The lowest BCUT2D eigenvalue weighted by Gasteiger charge is -2.39. The average molecular weight is 259 g/mol. The molecule has 2 atom stereocenters. The molecule has 1 aliphatic rings. The van der Waals surface area contributed by atoms with E-state index >= 15 is 0 Å². The molecule has 1 fully saturated rings. The highest BCUT2D eigenvalue weighted by Gasteiger charge is 2.24. The molecule has 2 unspecified atom stereocenters. The highest BCUT2D eigenvalue weighted by Crippen LogP contribution is 2.31. The largest absolute Gasteiger partial charge is 0.365 e. The summed E-state index contributed by atoms with van der Waals surface area (Å²) in [5.74, 6) is 0. The highest BCUT2D eigenvalue weighted by molar-refractivity contribution is 6.35. The number of nitrogens with zero attached hydrogens (tertiary/aromatic N) is 1. The summed E-state index contributed by atoms with van der Waals surface area (Å²) >= 11 is 12.2. The van der Waals surface area contributed by atoms with Crippen molar-refractivity contribution in [3.05, 3.63) is 28.2 Å². The first-order valence-corrected chi connectivity index (χ1v) is 6.28. The summed E-state index contributed by atoms with van der Waals surface area (Å²) in [6, 6.07) is 6.54. The highest BCUT2D eigenvalue weighted by atomic mass is 35.5. The maximum absolute atomic E-state index is 6.22. The zero-order valence-corrected chi connectivity index (χ0v) is 11.0. The summed E-state index contributed by atoms with van der Waals surface area (Å²) in [5, 5.41) is 4.95. The lowest BCUT2D eigenvalue weighted by molar-refractivity contribution is 0.425. The second kappa shape index (κ2) is 4.82. The van der Waals surface area contributed by atoms with Gasteiger partial charge in [-0.2, -0.15) is 0 Å². The predicted molar refractivity (Wildman–Crippen MR) is 70.7 cm³/mol. The van der Waals surface area contributed by atoms with Gasteiger partial charge in [0, 0.05) is 30.2 Å². The van der Waals surface area contributed by atoms with Gasteiger partial charge >= 0.3 is 0 Å². The molecule has 2 rings (SSSR count). The van der Waals surface area contributed by atoms with Gasteiger partial charge in [0.15, 0.2) is 0 Å². The van der Waals surface area contributed by atoms with E-state index in [-0.39, 0.29) is 0 Å². The standard InChI is InChI=1S/C12H16Cl2N2/c1-8-7-16(9(2)6-15-8)12-5-10(13)3-4-11(12)14/h3-5,8-9,15H,6-7H2,1-2H3. The first-order valence-electron chi connectivity index (χ1n) is 5.53. The normalized spacial score (nSPS) is 25.9. The topological polar surface area (TPSA) is 15.3 Å². The van der Waals surface area contributed by atoms with Crippen molar-refractivity contribution >= 4 is 28.9 Å². The Bertz CT molecular complexity index is 381. The van der Waals surface area contributed by atoms with E-state index in [2.05, 4.69) is 24.1 Å². The summed E-state index contributed by atoms with van der Waals surface area (Å²) in [6.07, 6.45) is 0. The third-order valence-corrected chi connectivity index (χ3v) is 3.54. The van der Waals surface area contributed by atoms with E-state index < -0.39 is 0 Å². The van der Waals surface area contributed by atoms with Crippen molar-refractivity contribution in [3.63, 3.8) is 0 Å². The van der Waals surface area contributed by atoms with Crippen LogP contribution in [0.15, 0.2) is 18.2 Å². The molecule has 0 aromatic heterocycles. The van der Waals surface area contributed by atoms with Gasteiger partial charge in [-0.25, -0.2) is 0 Å². The fraction of sp³-hybridized carbons (Fsp3) is 0.500. The summed E-state index contributed by atoms with van der Waals surface area (Å²) in [5.41, 5.74) is 1.04. The van der Waals surface area contributed by atoms with Gasteiger partial charge in [0.2, 0.25) is 0 Å². The lowest BCUT2D eigenvalue weighted by atomic mass is 10.1. The number of halogens is 2. The van der Waals surface area contributed by atoms with Crippen LogP contribution in [-0.4, -0.2) is 25.2 Å². The molecule has 0 aliphatic carbocycles. The van der Waals surface area contributed by atoms with Crippen LogP contribution in [0.25, 0.3) is 0 Å². The maximum atomic E-state index is 6.22. The Morgan fingerprint density at radius 1 is 1.31 bits per heavy atom. The van der Waals surface area contributed by atoms with Crippen molar-refractivity contribution in [2.45, 2.75) is 25.9 Å². The molecule has 0 bridgehead atoms. The number of hydrogen-bond acceptors (Lipinski definition) is 2. The van der Waals surface area contributed by atoms with Crippen molar-refractivity contribution in [2.75, 3.05) is 18.0 Å². The summed E-state index contributed by atoms with van der Waals surface area (Å²) in [4.78, 5) is 2.31. The number of benzene rings is 1. The molecule has 0 spiro atoms. The van der Waals surface area contributed by atoms with Crippen LogP contribution in [0.4, 0.5) is 5.69 Å². The van der Waals surface area contributed by atoms with Crippen LogP contribution in [0.1, 0.15) is 13.8 Å². The minimum Gasteiger partial charge on any atom is -0.365 e. The Morgan fingerprint density at radius 2 is 2.06 bits per heavy atom. The van der Waals surface area contributed by atoms with E-state index in [4.69, 9.17) is 23.2 Å². The van der Waals surface area contributed by atoms with Crippen LogP contribution in [0.3, 0.4) is 0 Å². The molecule has 1 saturated heterocycles. The summed E-state index contributed by atoms with van der Waals surface area (Å²) < 4.78 is 0. The Morgan fingerprint density at radius 3 is 2.81 bits per heavy atom. The number of piperazine rings is 1. The average Bonchev–Trinajstić information content (AvgIpc) is 2.25. The second-order valence-electron chi connectivity index (χ2n) is 4.41. The molecular weight excluding hydrogens is 243 g/mol. The van der Waals surface area contributed by atoms with E-state index in [1.54, 1.807) is 0 Å². The monoisotopic (exact) mass is 258 g/mol. The zero-order chi connectivity index (χ0) is 11.7. The van der Waals surface area contributed by atoms with E-state index in [0.717, 1.165) is 28.8 Å². The van der Waals surface area contributed by atoms with Crippen molar-refractivity contribution < 1.29 is 0 Å². The summed E-state index contributed by atoms with van der Waals surface area (Å²) in [7, 11) is 0. The molecule has 1 aliphatic heterocycles. The Labute approximate surface area is 107 Å². The van der Waals surface area contributed by atoms with Crippen LogP contribution in [0.5, 0.6) is 0 Å². The molecule has 0 amide bonds. The molecule has 1 aromatic carbocycles. The second-order valence-corrected chi connectivity index (χ2v) is 5.25. The first kappa shape index (κ1) is 12.0. The molecule has 1 N–H and O–H groups in total. The number of anilines is 1. The Balaban J connectivity index is 2.30. The first-order chi connectivity index (χ1) is 7.58. The van der Waals surface area contributed by atoms with Crippen molar-refractivity contribution in [1.29, 1.82) is 0 Å². The maximum Gasteiger partial charge on any atom is 0.0640 e. The van der Waals surface area contributed by atoms with Crippen molar-refractivity contribution in [1.82, 2.24) is 5.32 Å². The lowest BCUT2D eigenvalue weighted by Crippen LogP contribution is -2.54. The molecule has 1 heterocycles. The van der Waals surface area contributed by atoms with Gasteiger partial charge in [0.25, 0.3) is 0 Å². The van der Waals surface area contributed by atoms with Gasteiger partial charge in [-0.15, -0.1) is 0 Å². The molecular formula is C12H16Cl2N2. The molecule has 16 heavy (non-hydrogen) atoms. The SMILES string of the molecule is CC1CN(c2cc(Cl)ccc2Cl)C(C)CN1. The van der Waals surface area contributed by atoms with Gasteiger partial charge in [-0.05, 0) is 32.0 Å². The third kappa shape index (κ3) is 2.45. The minimum atomic E-state index is 0.437. The molecule has 0 saturated carbocycles. The van der Waals surface area contributed by atoms with Gasteiger partial charge in [0.05, 0.1) is 10.7 Å². The van der Waals surface area contributed by atoms with Crippen LogP contribution in [0, 0.1) is 0 Å². The molecule has 2 nitrogen and oxygen atoms in total. The van der Waals surface area contributed by atoms with Crippen LogP contribution < -0.4 is 10.2 Å². The third-order valence-electron chi connectivity index (χ3n) is 2.98. The van der Waals surface area contributed by atoms with E-state index in [1.165, 1.54) is 0 Å². The van der Waals surface area contributed by atoms with Gasteiger partial charge in [-0.1, -0.05) is 23.2 Å². The molecule has 0 radical (unpaired) electrons. The van der Waals surface area contributed by atoms with E-state index in [9.17, 15) is 0 Å². The van der Waals surface area contributed by atoms with E-state index in [0.29, 0.717) is 12.1 Å². The number of nitrogens with one attached hydrogen (secondary N) is 1. The van der Waals surface area contributed by atoms with E-state index in [1.807, 2.05) is 18.2 Å². The smallest absolute Gasteiger partial charge is 0.0640 e. The van der Waals surface area contributed by atoms with Crippen molar-refractivity contribution in [2.24, 2.45) is 0 Å². The molecule has 4 heteroatoms. The predicted octanol–water partition coefficient (Wildman–Crippen LogP) is 3.18. The van der Waals surface area contributed by atoms with Gasteiger partial charge in [0.1, 0.15) is 0 Å². The van der Waals surface area contributed by atoms with Crippen LogP contribution >= 0.6 is 23.2 Å². The van der Waals surface area contributed by atoms with Crippen LogP contribution in [-0.2, 0) is 0 Å². The molecule has 1 aromatic rings. The number of rotatable bonds is 1. The summed E-state index contributed by atoms with van der Waals surface area (Å²) in [6.45, 7) is 6.30. The van der Waals surface area contributed by atoms with Gasteiger partial charge in [-0.3, -0.25) is 0 Å².